The van der Waals surface area contributed by atoms with Crippen molar-refractivity contribution >= 4 is 54.6 Å². The highest BCUT2D eigenvalue weighted by Gasteiger charge is 2.53. The summed E-state index contributed by atoms with van der Waals surface area (Å²) in [5.41, 5.74) is 1.43. The Kier molecular flexibility index (Phi) is 11.8. The lowest BCUT2D eigenvalue weighted by atomic mass is 9.93. The van der Waals surface area contributed by atoms with Gasteiger partial charge in [0.05, 0.1) is 15.6 Å². The van der Waals surface area contributed by atoms with Crippen molar-refractivity contribution < 1.29 is 39.9 Å². The summed E-state index contributed by atoms with van der Waals surface area (Å²) in [6, 6.07) is 10.7. The first-order valence-corrected chi connectivity index (χ1v) is 18.4. The van der Waals surface area contributed by atoms with Crippen molar-refractivity contribution in [3.05, 3.63) is 140 Å². The minimum Gasteiger partial charge on any atom is -0.293 e. The number of rotatable bonds is 3. The molecule has 0 saturated carbocycles. The largest absolute Gasteiger partial charge is 0.293 e. The molecule has 0 amide bonds. The van der Waals surface area contributed by atoms with Crippen molar-refractivity contribution in [3.63, 3.8) is 0 Å². The lowest BCUT2D eigenvalue weighted by Gasteiger charge is -2.31. The van der Waals surface area contributed by atoms with E-state index in [-0.39, 0.29) is 34.2 Å². The Morgan fingerprint density at radius 3 is 1.71 bits per heavy atom. The van der Waals surface area contributed by atoms with Gasteiger partial charge in [-0.25, -0.2) is 35.1 Å². The zero-order valence-electron chi connectivity index (χ0n) is 26.2. The third kappa shape index (κ3) is 6.89. The summed E-state index contributed by atoms with van der Waals surface area (Å²) in [4.78, 5) is 12.2. The molecule has 13 heteroatoms. The van der Waals surface area contributed by atoms with Gasteiger partial charge in [0.15, 0.2) is 52.3 Å². The standard InChI is InChI=1S/C18H14F4S2.C16H10F4O.C2H6S2/c1-9-2-4-11(16(21)15(9)20)12-8-10-3-5-13(19)17(22)14(10)18(12)23-6-7-24-18;1-7-2-4-9(14(19)13(7)18)10-6-8-3-5-11(17)15(20)12(8)16(10)21;3-1-2-4/h2-5,12H,6-8H2,1H3;2-5,10H,6H2,1H3;3-4H,1-2H2. The number of hydrogen-bond acceptors (Lipinski definition) is 5. The molecule has 0 aromatic heterocycles. The minimum absolute atomic E-state index is 0.0325. The van der Waals surface area contributed by atoms with Gasteiger partial charge in [-0.2, -0.15) is 25.3 Å². The van der Waals surface area contributed by atoms with Crippen LogP contribution >= 0.6 is 48.8 Å². The number of carbonyl (C=O) groups is 1. The van der Waals surface area contributed by atoms with Crippen LogP contribution in [0.5, 0.6) is 0 Å². The lowest BCUT2D eigenvalue weighted by molar-refractivity contribution is 0.0966. The molecule has 0 radical (unpaired) electrons. The average molecular weight is 759 g/mol. The van der Waals surface area contributed by atoms with E-state index in [2.05, 4.69) is 25.3 Å². The molecule has 49 heavy (non-hydrogen) atoms. The smallest absolute Gasteiger partial charge is 0.174 e. The van der Waals surface area contributed by atoms with Crippen LogP contribution in [0.15, 0.2) is 48.5 Å². The first-order valence-electron chi connectivity index (χ1n) is 15.2. The van der Waals surface area contributed by atoms with Crippen LogP contribution in [0.4, 0.5) is 35.1 Å². The fraction of sp³-hybridized carbons (Fsp3) is 0.306. The van der Waals surface area contributed by atoms with E-state index in [9.17, 15) is 39.9 Å². The average Bonchev–Trinajstić information content (AvgIpc) is 3.80. The molecule has 4 aromatic carbocycles. The molecule has 1 aliphatic heterocycles. The molecule has 2 atom stereocenters. The molecule has 3 aliphatic rings. The number of benzene rings is 4. The molecule has 0 bridgehead atoms. The van der Waals surface area contributed by atoms with Gasteiger partial charge in [-0.05, 0) is 78.1 Å². The Balaban J connectivity index is 0.000000174. The van der Waals surface area contributed by atoms with Crippen molar-refractivity contribution in [1.82, 2.24) is 0 Å². The number of ketones is 1. The van der Waals surface area contributed by atoms with Gasteiger partial charge in [0, 0.05) is 28.6 Å². The first kappa shape index (κ1) is 37.6. The van der Waals surface area contributed by atoms with Crippen LogP contribution < -0.4 is 0 Å². The topological polar surface area (TPSA) is 17.1 Å². The van der Waals surface area contributed by atoms with Gasteiger partial charge in [-0.3, -0.25) is 4.79 Å². The zero-order chi connectivity index (χ0) is 35.8. The fourth-order valence-electron chi connectivity index (χ4n) is 6.38. The van der Waals surface area contributed by atoms with Crippen LogP contribution in [0.3, 0.4) is 0 Å². The number of aryl methyl sites for hydroxylation is 2. The second-order valence-electron chi connectivity index (χ2n) is 11.7. The number of hydrogen-bond donors (Lipinski definition) is 2. The van der Waals surface area contributed by atoms with Gasteiger partial charge in [-0.1, -0.05) is 36.4 Å². The number of fused-ring (bicyclic) bond motifs is 3. The summed E-state index contributed by atoms with van der Waals surface area (Å²) in [6.45, 7) is 2.91. The van der Waals surface area contributed by atoms with Gasteiger partial charge in [0.2, 0.25) is 0 Å². The Bertz CT molecular complexity index is 1910. The Labute approximate surface area is 298 Å². The summed E-state index contributed by atoms with van der Waals surface area (Å²) in [7, 11) is 0. The van der Waals surface area contributed by atoms with Gasteiger partial charge < -0.3 is 0 Å². The predicted octanol–water partition coefficient (Wildman–Crippen LogP) is 10.4. The fourth-order valence-corrected chi connectivity index (χ4v) is 10.0. The molecule has 1 nitrogen and oxygen atoms in total. The Hall–Kier alpha value is -2.61. The molecule has 2 unspecified atom stereocenters. The van der Waals surface area contributed by atoms with Crippen molar-refractivity contribution in [1.29, 1.82) is 0 Å². The molecule has 1 heterocycles. The van der Waals surface area contributed by atoms with Gasteiger partial charge in [-0.15, -0.1) is 23.5 Å². The maximum atomic E-state index is 14.6. The monoisotopic (exact) mass is 758 g/mol. The maximum absolute atomic E-state index is 14.6. The maximum Gasteiger partial charge on any atom is 0.174 e. The molecular weight excluding hydrogens is 729 g/mol. The van der Waals surface area contributed by atoms with E-state index in [0.29, 0.717) is 23.1 Å². The molecule has 2 aliphatic carbocycles. The van der Waals surface area contributed by atoms with Crippen molar-refractivity contribution in [2.45, 2.75) is 42.6 Å². The highest BCUT2D eigenvalue weighted by molar-refractivity contribution is 8.20. The van der Waals surface area contributed by atoms with Crippen molar-refractivity contribution in [2.24, 2.45) is 0 Å². The highest BCUT2D eigenvalue weighted by Crippen LogP contribution is 2.65. The predicted molar refractivity (Wildman–Crippen MR) is 186 cm³/mol. The SMILES string of the molecule is Cc1ccc(C2Cc3ccc(F)c(F)c3C23SCCS3)c(F)c1F.Cc1ccc(C2Cc3ccc(F)c(F)c3C2=O)c(F)c1F.SCCS. The van der Waals surface area contributed by atoms with Crippen molar-refractivity contribution in [2.75, 3.05) is 23.0 Å². The number of thiol groups is 2. The van der Waals surface area contributed by atoms with Crippen molar-refractivity contribution in [3.8, 4) is 0 Å². The molecule has 7 rings (SSSR count). The molecular formula is C36H30F8OS4. The second kappa shape index (κ2) is 15.3. The van der Waals surface area contributed by atoms with Crippen LogP contribution in [0.2, 0.25) is 0 Å². The first-order chi connectivity index (χ1) is 23.3. The van der Waals surface area contributed by atoms with E-state index in [1.807, 2.05) is 0 Å². The quantitative estimate of drug-likeness (QED) is 0.160. The third-order valence-corrected chi connectivity index (χ3v) is 13.2. The van der Waals surface area contributed by atoms with Crippen LogP contribution in [-0.2, 0) is 16.9 Å². The molecule has 1 spiro atoms. The second-order valence-corrected chi connectivity index (χ2v) is 15.5. The van der Waals surface area contributed by atoms with Crippen LogP contribution in [-0.4, -0.2) is 28.8 Å². The lowest BCUT2D eigenvalue weighted by Crippen LogP contribution is -2.23. The highest BCUT2D eigenvalue weighted by atomic mass is 32.2. The summed E-state index contributed by atoms with van der Waals surface area (Å²) in [5.74, 6) is -6.84. The molecule has 4 aromatic rings. The van der Waals surface area contributed by atoms with Crippen LogP contribution in [0.1, 0.15) is 61.1 Å². The summed E-state index contributed by atoms with van der Waals surface area (Å²) in [5, 5.41) is 0. The number of thioether (sulfide) groups is 2. The van der Waals surface area contributed by atoms with Gasteiger partial charge >= 0.3 is 0 Å². The van der Waals surface area contributed by atoms with Gasteiger partial charge in [0.1, 0.15) is 0 Å². The van der Waals surface area contributed by atoms with Gasteiger partial charge in [0.25, 0.3) is 0 Å². The molecule has 1 fully saturated rings. The minimum atomic E-state index is -1.23. The van der Waals surface area contributed by atoms with Crippen LogP contribution in [0, 0.1) is 60.4 Å². The van der Waals surface area contributed by atoms with E-state index in [1.54, 1.807) is 18.2 Å². The van der Waals surface area contributed by atoms with E-state index >= 15 is 0 Å². The molecule has 260 valence electrons. The van der Waals surface area contributed by atoms with E-state index in [0.717, 1.165) is 35.1 Å². The normalized spacial score (nSPS) is 18.5. The summed E-state index contributed by atoms with van der Waals surface area (Å²) >= 11 is 10.7. The zero-order valence-corrected chi connectivity index (χ0v) is 29.6. The van der Waals surface area contributed by atoms with E-state index < -0.39 is 68.2 Å². The number of halogens is 8. The van der Waals surface area contributed by atoms with Crippen LogP contribution in [0.25, 0.3) is 0 Å². The molecule has 1 saturated heterocycles. The number of Topliss-reactive ketones (excluding diaryl/α,β-unsaturated/α-hetero) is 1. The summed E-state index contributed by atoms with van der Waals surface area (Å²) in [6.07, 6.45) is 0.413. The third-order valence-electron chi connectivity index (χ3n) is 8.76. The molecule has 0 N–H and O–H groups in total. The van der Waals surface area contributed by atoms with E-state index in [4.69, 9.17) is 0 Å². The van der Waals surface area contributed by atoms with E-state index in [1.165, 1.54) is 55.6 Å². The Morgan fingerprint density at radius 2 is 1.14 bits per heavy atom. The Morgan fingerprint density at radius 1 is 0.633 bits per heavy atom. The number of carbonyl (C=O) groups excluding carboxylic acids is 1. The summed E-state index contributed by atoms with van der Waals surface area (Å²) < 4.78 is 111.